The SMILES string of the molecule is CCOC(OCC)[C@H](C)N(Cc1cccc2ccccc12)N(C(C=O)Cc1ccc(OC(C)(C)C)cc1)[C@@H](C=O)N(C)NC(N)=O. The maximum absolute atomic E-state index is 13.1. The van der Waals surface area contributed by atoms with Gasteiger partial charge in [-0.2, -0.15) is 5.01 Å². The van der Waals surface area contributed by atoms with Crippen molar-refractivity contribution < 1.29 is 28.6 Å². The van der Waals surface area contributed by atoms with Gasteiger partial charge in [-0.1, -0.05) is 54.6 Å². The predicted octanol–water partition coefficient (Wildman–Crippen LogP) is 4.67. The number of fused-ring (bicyclic) bond motifs is 1. The number of aldehydes is 2. The molecular formula is C35H49N5O6. The van der Waals surface area contributed by atoms with E-state index in [1.165, 1.54) is 12.1 Å². The lowest BCUT2D eigenvalue weighted by molar-refractivity contribution is -0.229. The number of urea groups is 1. The normalized spacial score (nSPS) is 14.1. The number of amides is 2. The quantitative estimate of drug-likeness (QED) is 0.116. The Labute approximate surface area is 272 Å². The third-order valence-electron chi connectivity index (χ3n) is 7.40. The van der Waals surface area contributed by atoms with Gasteiger partial charge >= 0.3 is 6.03 Å². The van der Waals surface area contributed by atoms with Gasteiger partial charge in [0, 0.05) is 26.8 Å². The van der Waals surface area contributed by atoms with Gasteiger partial charge in [0.25, 0.3) is 0 Å². The molecule has 0 aliphatic heterocycles. The summed E-state index contributed by atoms with van der Waals surface area (Å²) in [5, 5.41) is 6.98. The van der Waals surface area contributed by atoms with Gasteiger partial charge in [0.05, 0.1) is 12.1 Å². The van der Waals surface area contributed by atoms with Crippen molar-refractivity contribution in [1.29, 1.82) is 0 Å². The number of hydrogen-bond donors (Lipinski definition) is 2. The van der Waals surface area contributed by atoms with E-state index in [4.69, 9.17) is 19.9 Å². The molecule has 0 aromatic heterocycles. The van der Waals surface area contributed by atoms with E-state index in [9.17, 15) is 14.4 Å². The topological polar surface area (TPSA) is 127 Å². The van der Waals surface area contributed by atoms with Crippen molar-refractivity contribution in [3.8, 4) is 5.75 Å². The number of rotatable bonds is 18. The molecule has 11 nitrogen and oxygen atoms in total. The zero-order valence-corrected chi connectivity index (χ0v) is 28.0. The summed E-state index contributed by atoms with van der Waals surface area (Å²) in [6, 6.07) is 19.4. The third kappa shape index (κ3) is 10.1. The molecule has 3 rings (SSSR count). The summed E-state index contributed by atoms with van der Waals surface area (Å²) >= 11 is 0. The third-order valence-corrected chi connectivity index (χ3v) is 7.40. The van der Waals surface area contributed by atoms with Crippen LogP contribution >= 0.6 is 0 Å². The molecule has 11 heteroatoms. The lowest BCUT2D eigenvalue weighted by Crippen LogP contribution is -2.66. The second-order valence-corrected chi connectivity index (χ2v) is 12.0. The largest absolute Gasteiger partial charge is 0.488 e. The summed E-state index contributed by atoms with van der Waals surface area (Å²) in [5.74, 6) is 0.703. The van der Waals surface area contributed by atoms with Crippen molar-refractivity contribution in [2.45, 2.75) is 84.6 Å². The molecule has 0 aliphatic carbocycles. The first kappa shape index (κ1) is 36.6. The van der Waals surface area contributed by atoms with Crippen molar-refractivity contribution in [2.75, 3.05) is 20.3 Å². The van der Waals surface area contributed by atoms with Crippen LogP contribution < -0.4 is 15.9 Å². The van der Waals surface area contributed by atoms with Crippen molar-refractivity contribution >= 4 is 29.4 Å². The fourth-order valence-corrected chi connectivity index (χ4v) is 5.44. The molecule has 2 amide bonds. The van der Waals surface area contributed by atoms with Gasteiger partial charge in [-0.25, -0.2) is 14.8 Å². The molecule has 0 fully saturated rings. The van der Waals surface area contributed by atoms with E-state index in [0.717, 1.165) is 28.2 Å². The zero-order valence-electron chi connectivity index (χ0n) is 28.0. The summed E-state index contributed by atoms with van der Waals surface area (Å²) < 4.78 is 18.1. The molecule has 0 aliphatic rings. The number of likely N-dealkylation sites (N-methyl/N-ethyl adjacent to an activating group) is 1. The first-order valence-electron chi connectivity index (χ1n) is 15.6. The van der Waals surface area contributed by atoms with E-state index in [0.29, 0.717) is 25.2 Å². The first-order chi connectivity index (χ1) is 21.9. The van der Waals surface area contributed by atoms with Gasteiger partial charge in [-0.3, -0.25) is 10.2 Å². The Morgan fingerprint density at radius 1 is 0.935 bits per heavy atom. The average Bonchev–Trinajstić information content (AvgIpc) is 3.01. The predicted molar refractivity (Wildman–Crippen MR) is 179 cm³/mol. The van der Waals surface area contributed by atoms with Crippen LogP contribution in [0.3, 0.4) is 0 Å². The number of primary amides is 1. The minimum atomic E-state index is -1.13. The van der Waals surface area contributed by atoms with Crippen LogP contribution in [0.15, 0.2) is 66.7 Å². The Morgan fingerprint density at radius 2 is 1.57 bits per heavy atom. The molecule has 0 spiro atoms. The number of nitrogens with one attached hydrogen (secondary N) is 1. The van der Waals surface area contributed by atoms with Crippen molar-refractivity contribution in [3.63, 3.8) is 0 Å². The van der Waals surface area contributed by atoms with E-state index in [1.54, 1.807) is 5.01 Å². The van der Waals surface area contributed by atoms with Crippen LogP contribution in [-0.2, 0) is 32.0 Å². The van der Waals surface area contributed by atoms with E-state index in [1.807, 2.05) is 113 Å². The Bertz CT molecular complexity index is 1400. The molecule has 0 saturated heterocycles. The Balaban J connectivity index is 2.17. The van der Waals surface area contributed by atoms with Crippen LogP contribution in [0, 0.1) is 0 Å². The monoisotopic (exact) mass is 635 g/mol. The molecule has 1 unspecified atom stereocenters. The molecule has 3 atom stereocenters. The van der Waals surface area contributed by atoms with Crippen LogP contribution in [0.25, 0.3) is 10.8 Å². The highest BCUT2D eigenvalue weighted by Gasteiger charge is 2.39. The van der Waals surface area contributed by atoms with Gasteiger partial charge in [0.2, 0.25) is 0 Å². The summed E-state index contributed by atoms with van der Waals surface area (Å²) in [6.07, 6.45) is -0.0946. The van der Waals surface area contributed by atoms with Crippen molar-refractivity contribution in [2.24, 2.45) is 5.73 Å². The summed E-state index contributed by atoms with van der Waals surface area (Å²) in [7, 11) is 1.53. The zero-order chi connectivity index (χ0) is 33.9. The smallest absolute Gasteiger partial charge is 0.326 e. The van der Waals surface area contributed by atoms with Crippen LogP contribution in [0.5, 0.6) is 5.75 Å². The highest BCUT2D eigenvalue weighted by atomic mass is 16.7. The maximum atomic E-state index is 13.1. The molecule has 0 heterocycles. The van der Waals surface area contributed by atoms with E-state index >= 15 is 0 Å². The van der Waals surface area contributed by atoms with E-state index in [2.05, 4.69) is 5.43 Å². The molecular weight excluding hydrogens is 586 g/mol. The standard InChI is InChI=1S/C35H49N5O6/c1-8-44-33(45-9-2)25(3)39(22-28-15-12-14-27-13-10-11-16-31(27)28)40(32(24-42)38(7)37-34(36)43)29(23-41)21-26-17-19-30(20-18-26)46-35(4,5)6/h10-20,23-25,29,32-33H,8-9,21-22H2,1-7H3,(H3,36,37,43)/t25-,29?,32-/m0/s1. The number of carbonyl (C=O) groups excluding carboxylic acids is 3. The molecule has 3 N–H and O–H groups in total. The van der Waals surface area contributed by atoms with Crippen LogP contribution in [0.4, 0.5) is 4.79 Å². The van der Waals surface area contributed by atoms with Crippen molar-refractivity contribution in [1.82, 2.24) is 20.5 Å². The van der Waals surface area contributed by atoms with Crippen LogP contribution in [0.1, 0.15) is 52.7 Å². The molecule has 0 bridgehead atoms. The van der Waals surface area contributed by atoms with Crippen LogP contribution in [0.2, 0.25) is 0 Å². The lowest BCUT2D eigenvalue weighted by Gasteiger charge is -2.47. The number of hydrogen-bond acceptors (Lipinski definition) is 9. The number of carbonyl (C=O) groups is 3. The fourth-order valence-electron chi connectivity index (χ4n) is 5.44. The second kappa shape index (κ2) is 17.2. The average molecular weight is 636 g/mol. The Hall–Kier alpha value is -3.87. The van der Waals surface area contributed by atoms with Gasteiger partial charge < -0.3 is 24.7 Å². The molecule has 0 saturated carbocycles. The molecule has 3 aromatic carbocycles. The molecule has 0 radical (unpaired) electrons. The first-order valence-corrected chi connectivity index (χ1v) is 15.6. The Kier molecular flexibility index (Phi) is 13.7. The number of nitrogens with two attached hydrogens (primary N) is 1. The number of hydrazine groups is 2. The number of nitrogens with zero attached hydrogens (tertiary/aromatic N) is 3. The number of ether oxygens (including phenoxy) is 3. The summed E-state index contributed by atoms with van der Waals surface area (Å²) in [4.78, 5) is 38.0. The van der Waals surface area contributed by atoms with Gasteiger partial charge in [-0.05, 0) is 82.0 Å². The molecule has 3 aromatic rings. The lowest BCUT2D eigenvalue weighted by atomic mass is 10.0. The minimum Gasteiger partial charge on any atom is -0.488 e. The Morgan fingerprint density at radius 3 is 2.13 bits per heavy atom. The highest BCUT2D eigenvalue weighted by Crippen LogP contribution is 2.27. The second-order valence-electron chi connectivity index (χ2n) is 12.0. The number of benzene rings is 3. The summed E-state index contributed by atoms with van der Waals surface area (Å²) in [5.41, 5.74) is 9.40. The van der Waals surface area contributed by atoms with Crippen LogP contribution in [-0.4, -0.2) is 84.0 Å². The van der Waals surface area contributed by atoms with Gasteiger partial charge in [0.15, 0.2) is 12.6 Å². The minimum absolute atomic E-state index is 0.251. The fraction of sp³-hybridized carbons (Fsp3) is 0.457. The molecule has 46 heavy (non-hydrogen) atoms. The van der Waals surface area contributed by atoms with Gasteiger partial charge in [0.1, 0.15) is 23.8 Å². The van der Waals surface area contributed by atoms with E-state index < -0.39 is 30.6 Å². The van der Waals surface area contributed by atoms with E-state index in [-0.39, 0.29) is 18.6 Å². The van der Waals surface area contributed by atoms with Crippen molar-refractivity contribution in [3.05, 3.63) is 77.9 Å². The molecule has 250 valence electrons. The van der Waals surface area contributed by atoms with Gasteiger partial charge in [-0.15, -0.1) is 0 Å². The maximum Gasteiger partial charge on any atom is 0.326 e. The summed E-state index contributed by atoms with van der Waals surface area (Å²) in [6.45, 7) is 12.7. The highest BCUT2D eigenvalue weighted by molar-refractivity contribution is 5.85.